The van der Waals surface area contributed by atoms with E-state index in [1.807, 2.05) is 0 Å². The van der Waals surface area contributed by atoms with E-state index in [9.17, 15) is 9.18 Å². The predicted octanol–water partition coefficient (Wildman–Crippen LogP) is 3.92. The first kappa shape index (κ1) is 15.3. The Morgan fingerprint density at radius 3 is 2.29 bits per heavy atom. The number of Topliss-reactive ketones (excluding diaryl/α,β-unsaturated/α-hetero) is 1. The molecule has 0 amide bonds. The monoisotopic (exact) mass is 308 g/mol. The van der Waals surface area contributed by atoms with Crippen molar-refractivity contribution < 1.29 is 18.7 Å². The average molecular weight is 309 g/mol. The maximum atomic E-state index is 13.2. The summed E-state index contributed by atoms with van der Waals surface area (Å²) in [6, 6.07) is 8.84. The lowest BCUT2D eigenvalue weighted by molar-refractivity contribution is 0.0992. The molecule has 0 atom stereocenters. The largest absolute Gasteiger partial charge is 0.497 e. The summed E-state index contributed by atoms with van der Waals surface area (Å²) in [6.45, 7) is 0. The zero-order valence-electron chi connectivity index (χ0n) is 11.7. The topological polar surface area (TPSA) is 35.5 Å². The summed E-state index contributed by atoms with van der Waals surface area (Å²) in [4.78, 5) is 12.3. The number of rotatable bonds is 5. The number of methoxy groups -OCH3 is 2. The number of ether oxygens (including phenoxy) is 2. The summed E-state index contributed by atoms with van der Waals surface area (Å²) >= 11 is 5.98. The summed E-state index contributed by atoms with van der Waals surface area (Å²) in [5.41, 5.74) is 0.870. The van der Waals surface area contributed by atoms with E-state index in [0.29, 0.717) is 27.6 Å². The number of hydrogen-bond donors (Lipinski definition) is 0. The summed E-state index contributed by atoms with van der Waals surface area (Å²) in [6.07, 6.45) is 0.00686. The predicted molar refractivity (Wildman–Crippen MR) is 79.0 cm³/mol. The maximum absolute atomic E-state index is 13.2. The van der Waals surface area contributed by atoms with Gasteiger partial charge in [-0.25, -0.2) is 4.39 Å². The summed E-state index contributed by atoms with van der Waals surface area (Å²) in [7, 11) is 3.01. The molecule has 0 saturated carbocycles. The van der Waals surface area contributed by atoms with Gasteiger partial charge in [0.05, 0.1) is 14.2 Å². The van der Waals surface area contributed by atoms with Crippen molar-refractivity contribution in [1.82, 2.24) is 0 Å². The molecule has 2 rings (SSSR count). The molecule has 0 spiro atoms. The Morgan fingerprint density at radius 2 is 1.71 bits per heavy atom. The van der Waals surface area contributed by atoms with Crippen LogP contribution in [0.4, 0.5) is 4.39 Å². The number of carbonyl (C=O) groups excluding carboxylic acids is 1. The highest BCUT2D eigenvalue weighted by Gasteiger charge is 2.13. The molecular weight excluding hydrogens is 295 g/mol. The number of benzene rings is 2. The molecule has 0 aromatic heterocycles. The first-order valence-electron chi connectivity index (χ1n) is 6.23. The molecule has 0 unspecified atom stereocenters. The van der Waals surface area contributed by atoms with Gasteiger partial charge in [-0.3, -0.25) is 4.79 Å². The van der Waals surface area contributed by atoms with Gasteiger partial charge in [0, 0.05) is 23.1 Å². The van der Waals surface area contributed by atoms with Crippen LogP contribution in [0.15, 0.2) is 36.4 Å². The van der Waals surface area contributed by atoms with E-state index in [0.717, 1.165) is 0 Å². The van der Waals surface area contributed by atoms with Gasteiger partial charge in [0.25, 0.3) is 0 Å². The molecular formula is C16H14ClFO3. The highest BCUT2D eigenvalue weighted by molar-refractivity contribution is 6.31. The fourth-order valence-electron chi connectivity index (χ4n) is 1.92. The number of ketones is 1. The molecule has 0 radical (unpaired) electrons. The molecule has 0 aliphatic heterocycles. The Morgan fingerprint density at radius 1 is 1.10 bits per heavy atom. The average Bonchev–Trinajstić information content (AvgIpc) is 2.50. The van der Waals surface area contributed by atoms with Crippen LogP contribution >= 0.6 is 11.6 Å². The molecule has 2 aromatic carbocycles. The van der Waals surface area contributed by atoms with E-state index in [2.05, 4.69) is 0 Å². The Labute approximate surface area is 127 Å². The molecule has 0 saturated heterocycles. The fourth-order valence-corrected chi connectivity index (χ4v) is 2.11. The highest BCUT2D eigenvalue weighted by atomic mass is 35.5. The van der Waals surface area contributed by atoms with Gasteiger partial charge >= 0.3 is 0 Å². The number of carbonyl (C=O) groups is 1. The van der Waals surface area contributed by atoms with E-state index < -0.39 is 5.82 Å². The lowest BCUT2D eigenvalue weighted by Crippen LogP contribution is -2.05. The van der Waals surface area contributed by atoms with Crippen molar-refractivity contribution in [3.05, 3.63) is 58.4 Å². The van der Waals surface area contributed by atoms with Crippen molar-refractivity contribution in [3.8, 4) is 11.5 Å². The van der Waals surface area contributed by atoms with E-state index in [-0.39, 0.29) is 12.2 Å². The third kappa shape index (κ3) is 3.73. The summed E-state index contributed by atoms with van der Waals surface area (Å²) in [5, 5.41) is 0.361. The lowest BCUT2D eigenvalue weighted by atomic mass is 10.0. The summed E-state index contributed by atoms with van der Waals surface area (Å²) in [5.74, 6) is 0.413. The van der Waals surface area contributed by atoms with Crippen LogP contribution in [0.5, 0.6) is 11.5 Å². The zero-order chi connectivity index (χ0) is 15.4. The third-order valence-corrected chi connectivity index (χ3v) is 3.40. The van der Waals surface area contributed by atoms with E-state index in [4.69, 9.17) is 21.1 Å². The summed E-state index contributed by atoms with van der Waals surface area (Å²) < 4.78 is 23.5. The fraction of sp³-hybridized carbons (Fsp3) is 0.188. The molecule has 110 valence electrons. The van der Waals surface area contributed by atoms with Crippen molar-refractivity contribution in [2.45, 2.75) is 6.42 Å². The smallest absolute Gasteiger partial charge is 0.167 e. The Bertz CT molecular complexity index is 648. The molecule has 2 aromatic rings. The number of halogens is 2. The molecule has 0 N–H and O–H groups in total. The second-order valence-electron chi connectivity index (χ2n) is 4.44. The van der Waals surface area contributed by atoms with E-state index in [1.165, 1.54) is 32.4 Å². The maximum Gasteiger partial charge on any atom is 0.167 e. The van der Waals surface area contributed by atoms with Gasteiger partial charge in [-0.05, 0) is 35.9 Å². The highest BCUT2D eigenvalue weighted by Crippen LogP contribution is 2.25. The Balaban J connectivity index is 2.29. The van der Waals surface area contributed by atoms with Gasteiger partial charge < -0.3 is 9.47 Å². The van der Waals surface area contributed by atoms with Crippen LogP contribution in [0.25, 0.3) is 0 Å². The van der Waals surface area contributed by atoms with Crippen molar-refractivity contribution in [3.63, 3.8) is 0 Å². The molecule has 0 heterocycles. The van der Waals surface area contributed by atoms with Gasteiger partial charge in [-0.2, -0.15) is 0 Å². The molecule has 21 heavy (non-hydrogen) atoms. The second-order valence-corrected chi connectivity index (χ2v) is 4.84. The first-order chi connectivity index (χ1) is 10.0. The quantitative estimate of drug-likeness (QED) is 0.785. The minimum atomic E-state index is -0.426. The van der Waals surface area contributed by atoms with Gasteiger partial charge in [0.2, 0.25) is 0 Å². The van der Waals surface area contributed by atoms with Crippen LogP contribution in [0.1, 0.15) is 15.9 Å². The van der Waals surface area contributed by atoms with Gasteiger partial charge in [-0.1, -0.05) is 11.6 Å². The Kier molecular flexibility index (Phi) is 4.81. The first-order valence-corrected chi connectivity index (χ1v) is 6.61. The zero-order valence-corrected chi connectivity index (χ0v) is 12.4. The standard InChI is InChI=1S/C16H14ClFO3/c1-20-13-6-11(7-14(9-13)21-2)16(19)8-10-5-12(18)3-4-15(10)17/h3-7,9H,8H2,1-2H3. The van der Waals surface area contributed by atoms with Crippen molar-refractivity contribution >= 4 is 17.4 Å². The minimum Gasteiger partial charge on any atom is -0.497 e. The second kappa shape index (κ2) is 6.59. The van der Waals surface area contributed by atoms with E-state index >= 15 is 0 Å². The van der Waals surface area contributed by atoms with Crippen LogP contribution in [0.3, 0.4) is 0 Å². The van der Waals surface area contributed by atoms with Crippen LogP contribution in [0, 0.1) is 5.82 Å². The van der Waals surface area contributed by atoms with Crippen LogP contribution < -0.4 is 9.47 Å². The Hall–Kier alpha value is -2.07. The van der Waals surface area contributed by atoms with E-state index in [1.54, 1.807) is 18.2 Å². The molecule has 0 aliphatic carbocycles. The molecule has 0 fully saturated rings. The molecule has 5 heteroatoms. The van der Waals surface area contributed by atoms with Crippen LogP contribution in [-0.4, -0.2) is 20.0 Å². The van der Waals surface area contributed by atoms with Crippen LogP contribution in [0.2, 0.25) is 5.02 Å². The minimum absolute atomic E-state index is 0.00686. The number of hydrogen-bond acceptors (Lipinski definition) is 3. The van der Waals surface area contributed by atoms with Crippen molar-refractivity contribution in [2.75, 3.05) is 14.2 Å². The van der Waals surface area contributed by atoms with Crippen LogP contribution in [-0.2, 0) is 6.42 Å². The molecule has 3 nitrogen and oxygen atoms in total. The van der Waals surface area contributed by atoms with Gasteiger partial charge in [0.1, 0.15) is 17.3 Å². The lowest BCUT2D eigenvalue weighted by Gasteiger charge is -2.08. The van der Waals surface area contributed by atoms with Gasteiger partial charge in [-0.15, -0.1) is 0 Å². The SMILES string of the molecule is COc1cc(OC)cc(C(=O)Cc2cc(F)ccc2Cl)c1. The molecule has 0 bridgehead atoms. The van der Waals surface area contributed by atoms with Gasteiger partial charge in [0.15, 0.2) is 5.78 Å². The normalized spacial score (nSPS) is 10.3. The molecule has 0 aliphatic rings. The third-order valence-electron chi connectivity index (χ3n) is 3.03. The van der Waals surface area contributed by atoms with Crippen molar-refractivity contribution in [1.29, 1.82) is 0 Å². The van der Waals surface area contributed by atoms with Crippen molar-refractivity contribution in [2.24, 2.45) is 0 Å².